The average molecular weight is 222 g/mol. The average Bonchev–Trinajstić information content (AvgIpc) is 1.88. The van der Waals surface area contributed by atoms with Crippen LogP contribution in [-0.2, 0) is 4.79 Å². The van der Waals surface area contributed by atoms with Crippen LogP contribution in [-0.4, -0.2) is 18.4 Å². The van der Waals surface area contributed by atoms with Crippen molar-refractivity contribution in [2.24, 2.45) is 0 Å². The number of nitrogens with one attached hydrogen (secondary N) is 1. The van der Waals surface area contributed by atoms with E-state index in [4.69, 9.17) is 0 Å². The molecule has 0 saturated carbocycles. The lowest BCUT2D eigenvalue weighted by Crippen LogP contribution is -2.35. The van der Waals surface area contributed by atoms with Gasteiger partial charge in [0.2, 0.25) is 0 Å². The number of carbonyl (C=O) groups is 1. The van der Waals surface area contributed by atoms with Crippen LogP contribution >= 0.6 is 17.0 Å². The van der Waals surface area contributed by atoms with Crippen molar-refractivity contribution in [3.05, 3.63) is 0 Å². The molecule has 1 fully saturated rings. The molecule has 1 aliphatic rings. The summed E-state index contributed by atoms with van der Waals surface area (Å²) in [7, 11) is 0. The van der Waals surface area contributed by atoms with Crippen LogP contribution in [0.5, 0.6) is 0 Å². The highest BCUT2D eigenvalue weighted by atomic mass is 79.9. The van der Waals surface area contributed by atoms with Gasteiger partial charge in [-0.05, 0) is 26.3 Å². The molecule has 3 heteroatoms. The summed E-state index contributed by atoms with van der Waals surface area (Å²) < 4.78 is 0. The summed E-state index contributed by atoms with van der Waals surface area (Å²) in [5.41, 5.74) is 0. The largest absolute Gasteiger partial charge is 0.314 e. The van der Waals surface area contributed by atoms with Gasteiger partial charge in [-0.15, -0.1) is 17.0 Å². The van der Waals surface area contributed by atoms with Gasteiger partial charge in [-0.25, -0.2) is 0 Å². The van der Waals surface area contributed by atoms with Gasteiger partial charge in [0.25, 0.3) is 0 Å². The van der Waals surface area contributed by atoms with E-state index in [2.05, 4.69) is 5.32 Å². The first-order chi connectivity index (χ1) is 4.79. The van der Waals surface area contributed by atoms with E-state index in [0.717, 1.165) is 13.0 Å². The lowest BCUT2D eigenvalue weighted by atomic mass is 10.0. The number of halogens is 1. The van der Waals surface area contributed by atoms with E-state index >= 15 is 0 Å². The lowest BCUT2D eigenvalue weighted by molar-refractivity contribution is -0.117. The number of piperidine rings is 1. The molecule has 1 unspecified atom stereocenters. The van der Waals surface area contributed by atoms with Crippen molar-refractivity contribution in [2.45, 2.75) is 38.6 Å². The Kier molecular flexibility index (Phi) is 5.78. The van der Waals surface area contributed by atoms with Crippen LogP contribution in [0.2, 0.25) is 0 Å². The number of rotatable bonds is 2. The standard InChI is InChI=1S/C8H15NO.BrH/c1-7(10)6-8-4-2-3-5-9-8;/h8-9H,2-6H2,1H3;1H. The quantitative estimate of drug-likeness (QED) is 0.770. The second-order valence-corrected chi connectivity index (χ2v) is 3.05. The zero-order valence-corrected chi connectivity index (χ0v) is 8.64. The van der Waals surface area contributed by atoms with Crippen molar-refractivity contribution in [3.63, 3.8) is 0 Å². The van der Waals surface area contributed by atoms with Crippen LogP contribution < -0.4 is 5.32 Å². The minimum absolute atomic E-state index is 0. The summed E-state index contributed by atoms with van der Waals surface area (Å²) in [6.07, 6.45) is 4.46. The molecule has 1 N–H and O–H groups in total. The number of ketones is 1. The molecule has 11 heavy (non-hydrogen) atoms. The maximum atomic E-state index is 10.7. The van der Waals surface area contributed by atoms with Gasteiger partial charge in [-0.1, -0.05) is 6.42 Å². The Labute approximate surface area is 78.5 Å². The fraction of sp³-hybridized carbons (Fsp3) is 0.875. The number of carbonyl (C=O) groups excluding carboxylic acids is 1. The fourth-order valence-electron chi connectivity index (χ4n) is 1.45. The summed E-state index contributed by atoms with van der Waals surface area (Å²) in [4.78, 5) is 10.7. The van der Waals surface area contributed by atoms with E-state index in [1.54, 1.807) is 6.92 Å². The molecular formula is C8H16BrNO. The molecule has 1 aliphatic heterocycles. The van der Waals surface area contributed by atoms with Gasteiger partial charge < -0.3 is 5.32 Å². The second-order valence-electron chi connectivity index (χ2n) is 3.05. The summed E-state index contributed by atoms with van der Waals surface area (Å²) in [6, 6.07) is 0.478. The summed E-state index contributed by atoms with van der Waals surface area (Å²) >= 11 is 0. The first-order valence-electron chi connectivity index (χ1n) is 4.02. The van der Waals surface area contributed by atoms with E-state index in [1.165, 1.54) is 19.3 Å². The van der Waals surface area contributed by atoms with Crippen LogP contribution in [0.3, 0.4) is 0 Å². The molecule has 0 spiro atoms. The first kappa shape index (κ1) is 11.1. The minimum Gasteiger partial charge on any atom is -0.314 e. The molecule has 0 bridgehead atoms. The zero-order chi connectivity index (χ0) is 7.40. The highest BCUT2D eigenvalue weighted by Crippen LogP contribution is 2.09. The van der Waals surface area contributed by atoms with E-state index in [1.807, 2.05) is 0 Å². The highest BCUT2D eigenvalue weighted by Gasteiger charge is 2.13. The number of hydrogen-bond donors (Lipinski definition) is 1. The van der Waals surface area contributed by atoms with Crippen molar-refractivity contribution in [1.82, 2.24) is 5.32 Å². The van der Waals surface area contributed by atoms with Gasteiger partial charge in [-0.2, -0.15) is 0 Å². The monoisotopic (exact) mass is 221 g/mol. The van der Waals surface area contributed by atoms with E-state index in [0.29, 0.717) is 11.8 Å². The Balaban J connectivity index is 0.000001000. The molecule has 0 radical (unpaired) electrons. The third-order valence-electron chi connectivity index (χ3n) is 1.95. The SMILES string of the molecule is Br.CC(=O)CC1CCCCN1. The van der Waals surface area contributed by atoms with Gasteiger partial charge in [0.15, 0.2) is 0 Å². The molecule has 2 nitrogen and oxygen atoms in total. The molecule has 0 aromatic heterocycles. The Morgan fingerprint density at radius 1 is 1.55 bits per heavy atom. The molecule has 1 heterocycles. The fourth-order valence-corrected chi connectivity index (χ4v) is 1.45. The van der Waals surface area contributed by atoms with E-state index in [-0.39, 0.29) is 17.0 Å². The van der Waals surface area contributed by atoms with Gasteiger partial charge in [-0.3, -0.25) is 4.79 Å². The molecule has 0 aromatic carbocycles. The Morgan fingerprint density at radius 3 is 2.73 bits per heavy atom. The third kappa shape index (κ3) is 4.53. The zero-order valence-electron chi connectivity index (χ0n) is 6.93. The first-order valence-corrected chi connectivity index (χ1v) is 4.02. The van der Waals surface area contributed by atoms with Crippen LogP contribution in [0.15, 0.2) is 0 Å². The molecule has 1 saturated heterocycles. The maximum absolute atomic E-state index is 10.7. The predicted molar refractivity (Wildman–Crippen MR) is 51.3 cm³/mol. The van der Waals surface area contributed by atoms with Crippen molar-refractivity contribution in [1.29, 1.82) is 0 Å². The molecule has 0 aromatic rings. The van der Waals surface area contributed by atoms with Gasteiger partial charge >= 0.3 is 0 Å². The van der Waals surface area contributed by atoms with E-state index in [9.17, 15) is 4.79 Å². The topological polar surface area (TPSA) is 29.1 Å². The number of Topliss-reactive ketones (excluding diaryl/α,β-unsaturated/α-hetero) is 1. The Morgan fingerprint density at radius 2 is 2.27 bits per heavy atom. The number of hydrogen-bond acceptors (Lipinski definition) is 2. The molecule has 66 valence electrons. The summed E-state index contributed by atoms with van der Waals surface area (Å²) in [6.45, 7) is 2.76. The molecular weight excluding hydrogens is 206 g/mol. The third-order valence-corrected chi connectivity index (χ3v) is 1.95. The summed E-state index contributed by atoms with van der Waals surface area (Å²) in [5, 5.41) is 3.33. The summed E-state index contributed by atoms with van der Waals surface area (Å²) in [5.74, 6) is 0.305. The minimum atomic E-state index is 0. The van der Waals surface area contributed by atoms with Crippen LogP contribution in [0.25, 0.3) is 0 Å². The predicted octanol–water partition coefficient (Wildman–Crippen LogP) is 1.69. The second kappa shape index (κ2) is 5.72. The van der Waals surface area contributed by atoms with Crippen molar-refractivity contribution >= 4 is 22.8 Å². The smallest absolute Gasteiger partial charge is 0.131 e. The van der Waals surface area contributed by atoms with Gasteiger partial charge in [0.1, 0.15) is 5.78 Å². The van der Waals surface area contributed by atoms with Crippen molar-refractivity contribution in [3.8, 4) is 0 Å². The normalized spacial score (nSPS) is 23.9. The van der Waals surface area contributed by atoms with E-state index < -0.39 is 0 Å². The Hall–Kier alpha value is 0.110. The van der Waals surface area contributed by atoms with Crippen LogP contribution in [0.4, 0.5) is 0 Å². The van der Waals surface area contributed by atoms with Crippen molar-refractivity contribution < 1.29 is 4.79 Å². The van der Waals surface area contributed by atoms with Gasteiger partial charge in [0.05, 0.1) is 0 Å². The van der Waals surface area contributed by atoms with Gasteiger partial charge in [0, 0.05) is 12.5 Å². The van der Waals surface area contributed by atoms with Crippen LogP contribution in [0, 0.1) is 0 Å². The van der Waals surface area contributed by atoms with Crippen LogP contribution in [0.1, 0.15) is 32.6 Å². The maximum Gasteiger partial charge on any atom is 0.131 e. The molecule has 0 aliphatic carbocycles. The lowest BCUT2D eigenvalue weighted by Gasteiger charge is -2.21. The molecule has 0 amide bonds. The van der Waals surface area contributed by atoms with Crippen molar-refractivity contribution in [2.75, 3.05) is 6.54 Å². The molecule has 1 rings (SSSR count). The Bertz CT molecular complexity index is 121. The molecule has 1 atom stereocenters. The highest BCUT2D eigenvalue weighted by molar-refractivity contribution is 8.93.